The molecule has 0 spiro atoms. The highest BCUT2D eigenvalue weighted by atomic mass is 16.6. The van der Waals surface area contributed by atoms with Gasteiger partial charge in [-0.1, -0.05) is 231 Å². The van der Waals surface area contributed by atoms with E-state index in [0.717, 1.165) is 38.5 Å². The first kappa shape index (κ1) is 52.6. The highest BCUT2D eigenvalue weighted by Crippen LogP contribution is 2.16. The Labute approximate surface area is 337 Å². The minimum atomic E-state index is -0.766. The van der Waals surface area contributed by atoms with Gasteiger partial charge in [-0.05, 0) is 38.5 Å². The van der Waals surface area contributed by atoms with Crippen LogP contribution in [-0.2, 0) is 19.1 Å². The number of carbonyl (C=O) groups is 2. The molecule has 0 heterocycles. The largest absolute Gasteiger partial charge is 0.462 e. The molecular weight excluding hydrogens is 669 g/mol. The standard InChI is InChI=1S/C49H94O5/c1-3-5-7-9-11-13-15-17-19-21-23-24-26-28-30-32-34-36-38-40-42-44-49(52)54-47(45-50)46-53-48(51)43-41-39-37-35-33-31-29-27-25-22-20-18-16-14-12-10-8-6-4-2/h18,20,47,50H,3-17,19,21-46H2,1-2H3/t47-/m0/s1. The molecular formula is C49H94O5. The van der Waals surface area contributed by atoms with Crippen molar-refractivity contribution in [3.63, 3.8) is 0 Å². The zero-order chi connectivity index (χ0) is 39.3. The summed E-state index contributed by atoms with van der Waals surface area (Å²) in [6.45, 7) is 4.18. The number of allylic oxidation sites excluding steroid dienone is 2. The maximum atomic E-state index is 12.2. The molecule has 0 aliphatic carbocycles. The zero-order valence-electron chi connectivity index (χ0n) is 36.5. The topological polar surface area (TPSA) is 72.8 Å². The van der Waals surface area contributed by atoms with Crippen LogP contribution in [0.5, 0.6) is 0 Å². The third-order valence-corrected chi connectivity index (χ3v) is 11.1. The van der Waals surface area contributed by atoms with Crippen LogP contribution < -0.4 is 0 Å². The second kappa shape index (κ2) is 46.0. The first-order valence-electron chi connectivity index (χ1n) is 24.2. The van der Waals surface area contributed by atoms with Gasteiger partial charge in [0.2, 0.25) is 0 Å². The molecule has 0 bridgehead atoms. The SMILES string of the molecule is CCCCCCCCC=CCCCCCCCCCCCC(=O)OC[C@H](CO)OC(=O)CCCCCCCCCCCCCCCCCCCCCCC. The third-order valence-electron chi connectivity index (χ3n) is 11.1. The fraction of sp³-hybridized carbons (Fsp3) is 0.918. The number of esters is 2. The van der Waals surface area contributed by atoms with Gasteiger partial charge in [0.15, 0.2) is 6.10 Å². The number of aliphatic hydroxyl groups excluding tert-OH is 1. The van der Waals surface area contributed by atoms with Crippen molar-refractivity contribution in [1.29, 1.82) is 0 Å². The smallest absolute Gasteiger partial charge is 0.306 e. The first-order chi connectivity index (χ1) is 26.6. The fourth-order valence-electron chi connectivity index (χ4n) is 7.38. The number of aliphatic hydroxyl groups is 1. The molecule has 0 radical (unpaired) electrons. The Morgan fingerprint density at radius 1 is 0.407 bits per heavy atom. The summed E-state index contributed by atoms with van der Waals surface area (Å²) in [4.78, 5) is 24.4. The number of hydrogen-bond donors (Lipinski definition) is 1. The number of carbonyl (C=O) groups excluding carboxylic acids is 2. The second-order valence-electron chi connectivity index (χ2n) is 16.5. The molecule has 0 aliphatic heterocycles. The molecule has 0 aromatic heterocycles. The van der Waals surface area contributed by atoms with Gasteiger partial charge in [0, 0.05) is 12.8 Å². The summed E-state index contributed by atoms with van der Waals surface area (Å²) < 4.78 is 10.7. The normalized spacial score (nSPS) is 12.1. The van der Waals surface area contributed by atoms with E-state index in [-0.39, 0.29) is 25.2 Å². The average molecular weight is 763 g/mol. The van der Waals surface area contributed by atoms with Crippen molar-refractivity contribution < 1.29 is 24.2 Å². The van der Waals surface area contributed by atoms with Crippen molar-refractivity contribution in [1.82, 2.24) is 0 Å². The van der Waals surface area contributed by atoms with Gasteiger partial charge < -0.3 is 14.6 Å². The summed E-state index contributed by atoms with van der Waals surface area (Å²) >= 11 is 0. The molecule has 0 rings (SSSR count). The molecule has 0 aromatic carbocycles. The van der Waals surface area contributed by atoms with Crippen molar-refractivity contribution in [2.24, 2.45) is 0 Å². The molecule has 1 N–H and O–H groups in total. The Hall–Kier alpha value is -1.36. The van der Waals surface area contributed by atoms with Crippen molar-refractivity contribution in [3.8, 4) is 0 Å². The molecule has 0 saturated carbocycles. The Morgan fingerprint density at radius 2 is 0.685 bits per heavy atom. The van der Waals surface area contributed by atoms with Crippen LogP contribution in [0, 0.1) is 0 Å². The average Bonchev–Trinajstić information content (AvgIpc) is 3.17. The zero-order valence-corrected chi connectivity index (χ0v) is 36.5. The van der Waals surface area contributed by atoms with Gasteiger partial charge in [0.1, 0.15) is 6.61 Å². The number of hydrogen-bond acceptors (Lipinski definition) is 5. The fourth-order valence-corrected chi connectivity index (χ4v) is 7.38. The summed E-state index contributed by atoms with van der Waals surface area (Å²) in [6.07, 6.45) is 54.4. The lowest BCUT2D eigenvalue weighted by atomic mass is 10.0. The first-order valence-corrected chi connectivity index (χ1v) is 24.2. The van der Waals surface area contributed by atoms with Crippen LogP contribution in [0.4, 0.5) is 0 Å². The summed E-state index contributed by atoms with van der Waals surface area (Å²) in [5.74, 6) is -0.576. The summed E-state index contributed by atoms with van der Waals surface area (Å²) in [5.41, 5.74) is 0. The molecule has 54 heavy (non-hydrogen) atoms. The van der Waals surface area contributed by atoms with Gasteiger partial charge >= 0.3 is 11.9 Å². The molecule has 320 valence electrons. The number of ether oxygens (including phenoxy) is 2. The number of unbranched alkanes of at least 4 members (excludes halogenated alkanes) is 35. The van der Waals surface area contributed by atoms with Gasteiger partial charge in [-0.3, -0.25) is 9.59 Å². The summed E-state index contributed by atoms with van der Waals surface area (Å²) in [6, 6.07) is 0. The van der Waals surface area contributed by atoms with E-state index in [9.17, 15) is 14.7 Å². The van der Waals surface area contributed by atoms with E-state index >= 15 is 0 Å². The predicted octanol–water partition coefficient (Wildman–Crippen LogP) is 15.6. The molecule has 0 fully saturated rings. The van der Waals surface area contributed by atoms with Crippen molar-refractivity contribution >= 4 is 11.9 Å². The lowest BCUT2D eigenvalue weighted by Crippen LogP contribution is -2.28. The molecule has 0 aromatic rings. The lowest BCUT2D eigenvalue weighted by molar-refractivity contribution is -0.161. The minimum absolute atomic E-state index is 0.0602. The van der Waals surface area contributed by atoms with E-state index in [0.29, 0.717) is 12.8 Å². The van der Waals surface area contributed by atoms with E-state index in [1.807, 2.05) is 0 Å². The van der Waals surface area contributed by atoms with Gasteiger partial charge in [0.05, 0.1) is 6.61 Å². The molecule has 0 unspecified atom stereocenters. The van der Waals surface area contributed by atoms with E-state index in [2.05, 4.69) is 26.0 Å². The van der Waals surface area contributed by atoms with Crippen LogP contribution in [0.25, 0.3) is 0 Å². The third kappa shape index (κ3) is 43.4. The van der Waals surface area contributed by atoms with Crippen molar-refractivity contribution in [2.75, 3.05) is 13.2 Å². The second-order valence-corrected chi connectivity index (χ2v) is 16.5. The molecule has 0 aliphatic rings. The lowest BCUT2D eigenvalue weighted by Gasteiger charge is -2.15. The number of rotatable bonds is 45. The van der Waals surface area contributed by atoms with Gasteiger partial charge in [-0.2, -0.15) is 0 Å². The van der Waals surface area contributed by atoms with Crippen LogP contribution >= 0.6 is 0 Å². The maximum absolute atomic E-state index is 12.2. The molecule has 0 saturated heterocycles. The minimum Gasteiger partial charge on any atom is -0.462 e. The molecule has 1 atom stereocenters. The molecule has 0 amide bonds. The molecule has 5 heteroatoms. The Balaban J connectivity index is 3.46. The summed E-state index contributed by atoms with van der Waals surface area (Å²) in [5, 5.41) is 9.61. The van der Waals surface area contributed by atoms with E-state index in [1.165, 1.54) is 205 Å². The summed E-state index contributed by atoms with van der Waals surface area (Å²) in [7, 11) is 0. The highest BCUT2D eigenvalue weighted by molar-refractivity contribution is 5.70. The van der Waals surface area contributed by atoms with Gasteiger partial charge in [0.25, 0.3) is 0 Å². The van der Waals surface area contributed by atoms with E-state index < -0.39 is 6.10 Å². The van der Waals surface area contributed by atoms with Gasteiger partial charge in [-0.25, -0.2) is 0 Å². The van der Waals surface area contributed by atoms with Crippen LogP contribution in [0.15, 0.2) is 12.2 Å². The molecule has 5 nitrogen and oxygen atoms in total. The van der Waals surface area contributed by atoms with Crippen molar-refractivity contribution in [3.05, 3.63) is 12.2 Å². The van der Waals surface area contributed by atoms with E-state index in [4.69, 9.17) is 9.47 Å². The predicted molar refractivity (Wildman–Crippen MR) is 233 cm³/mol. The Morgan fingerprint density at radius 3 is 1.00 bits per heavy atom. The highest BCUT2D eigenvalue weighted by Gasteiger charge is 2.16. The van der Waals surface area contributed by atoms with Crippen LogP contribution in [-0.4, -0.2) is 36.4 Å². The van der Waals surface area contributed by atoms with Gasteiger partial charge in [-0.15, -0.1) is 0 Å². The van der Waals surface area contributed by atoms with Crippen LogP contribution in [0.3, 0.4) is 0 Å². The quantitative estimate of drug-likeness (QED) is 0.0380. The maximum Gasteiger partial charge on any atom is 0.306 e. The van der Waals surface area contributed by atoms with Crippen LogP contribution in [0.2, 0.25) is 0 Å². The monoisotopic (exact) mass is 763 g/mol. The van der Waals surface area contributed by atoms with Crippen LogP contribution in [0.1, 0.15) is 271 Å². The van der Waals surface area contributed by atoms with Crippen molar-refractivity contribution in [2.45, 2.75) is 277 Å². The Kier molecular flexibility index (Phi) is 44.9. The Bertz CT molecular complexity index is 780. The van der Waals surface area contributed by atoms with E-state index in [1.54, 1.807) is 0 Å².